The molecule has 1 aromatic carbocycles. The van der Waals surface area contributed by atoms with Crippen molar-refractivity contribution in [2.45, 2.75) is 13.3 Å². The van der Waals surface area contributed by atoms with E-state index in [9.17, 15) is 0 Å². The molecule has 0 amide bonds. The lowest BCUT2D eigenvalue weighted by molar-refractivity contribution is 0.210. The summed E-state index contributed by atoms with van der Waals surface area (Å²) >= 11 is 0. The Balaban J connectivity index is 2.45. The van der Waals surface area contributed by atoms with E-state index in [0.717, 1.165) is 25.1 Å². The average molecular weight is 217 g/mol. The van der Waals surface area contributed by atoms with Crippen molar-refractivity contribution < 1.29 is 5.11 Å². The van der Waals surface area contributed by atoms with E-state index < -0.39 is 0 Å². The Labute approximate surface area is 97.9 Å². The number of benzene rings is 1. The number of nitrogens with zero attached hydrogens (tertiary/aromatic N) is 1. The van der Waals surface area contributed by atoms with Gasteiger partial charge in [-0.2, -0.15) is 0 Å². The van der Waals surface area contributed by atoms with Crippen LogP contribution in [-0.2, 0) is 0 Å². The Morgan fingerprint density at radius 3 is 2.56 bits per heavy atom. The normalized spacial score (nSPS) is 9.94. The fourth-order valence-electron chi connectivity index (χ4n) is 1.50. The lowest BCUT2D eigenvalue weighted by Crippen LogP contribution is -2.28. The molecule has 86 valence electrons. The molecule has 0 heterocycles. The maximum Gasteiger partial charge on any atom is 0.0606 e. The molecular weight excluding hydrogens is 198 g/mol. The van der Waals surface area contributed by atoms with Crippen molar-refractivity contribution in [3.05, 3.63) is 35.9 Å². The van der Waals surface area contributed by atoms with E-state index in [1.165, 1.54) is 0 Å². The number of hydrogen-bond acceptors (Lipinski definition) is 2. The highest BCUT2D eigenvalue weighted by molar-refractivity contribution is 5.33. The second-order valence-electron chi connectivity index (χ2n) is 3.67. The first-order chi connectivity index (χ1) is 7.86. The SMILES string of the molecule is CCCN(CC#Cc1ccccc1)CCO. The van der Waals surface area contributed by atoms with Crippen LogP contribution in [0.1, 0.15) is 18.9 Å². The molecule has 0 aliphatic carbocycles. The third-order valence-electron chi connectivity index (χ3n) is 2.27. The van der Waals surface area contributed by atoms with Gasteiger partial charge in [-0.15, -0.1) is 0 Å². The molecule has 0 aromatic heterocycles. The van der Waals surface area contributed by atoms with Crippen LogP contribution in [-0.4, -0.2) is 36.2 Å². The Morgan fingerprint density at radius 1 is 1.19 bits per heavy atom. The highest BCUT2D eigenvalue weighted by atomic mass is 16.3. The summed E-state index contributed by atoms with van der Waals surface area (Å²) in [6.45, 7) is 4.76. The largest absolute Gasteiger partial charge is 0.395 e. The van der Waals surface area contributed by atoms with E-state index in [2.05, 4.69) is 23.7 Å². The Hall–Kier alpha value is -1.30. The zero-order valence-corrected chi connectivity index (χ0v) is 9.82. The maximum absolute atomic E-state index is 8.89. The molecule has 1 N–H and O–H groups in total. The highest BCUT2D eigenvalue weighted by Gasteiger charge is 1.99. The first kappa shape index (κ1) is 12.8. The summed E-state index contributed by atoms with van der Waals surface area (Å²) < 4.78 is 0. The summed E-state index contributed by atoms with van der Waals surface area (Å²) in [5.41, 5.74) is 1.04. The van der Waals surface area contributed by atoms with Crippen LogP contribution in [0.2, 0.25) is 0 Å². The van der Waals surface area contributed by atoms with Gasteiger partial charge in [-0.3, -0.25) is 4.90 Å². The number of aliphatic hydroxyl groups excluding tert-OH is 1. The van der Waals surface area contributed by atoms with Gasteiger partial charge in [0.15, 0.2) is 0 Å². The van der Waals surface area contributed by atoms with Crippen molar-refractivity contribution in [1.82, 2.24) is 4.90 Å². The molecule has 2 nitrogen and oxygen atoms in total. The number of rotatable bonds is 5. The number of aliphatic hydroxyl groups is 1. The molecule has 0 saturated heterocycles. The molecule has 1 aromatic rings. The molecule has 0 spiro atoms. The van der Waals surface area contributed by atoms with E-state index >= 15 is 0 Å². The van der Waals surface area contributed by atoms with Gasteiger partial charge >= 0.3 is 0 Å². The van der Waals surface area contributed by atoms with Gasteiger partial charge in [0.1, 0.15) is 0 Å². The van der Waals surface area contributed by atoms with E-state index in [-0.39, 0.29) is 6.61 Å². The quantitative estimate of drug-likeness (QED) is 0.759. The molecule has 0 atom stereocenters. The van der Waals surface area contributed by atoms with Crippen LogP contribution >= 0.6 is 0 Å². The zero-order valence-electron chi connectivity index (χ0n) is 9.82. The van der Waals surface area contributed by atoms with E-state index in [4.69, 9.17) is 5.11 Å². The second kappa shape index (κ2) is 7.92. The molecule has 0 fully saturated rings. The Morgan fingerprint density at radius 2 is 1.94 bits per heavy atom. The smallest absolute Gasteiger partial charge is 0.0606 e. The van der Waals surface area contributed by atoms with E-state index in [0.29, 0.717) is 6.54 Å². The van der Waals surface area contributed by atoms with Gasteiger partial charge in [0, 0.05) is 12.1 Å². The molecule has 16 heavy (non-hydrogen) atoms. The first-order valence-corrected chi connectivity index (χ1v) is 5.74. The van der Waals surface area contributed by atoms with E-state index in [1.807, 2.05) is 30.3 Å². The molecule has 0 aliphatic heterocycles. The summed E-state index contributed by atoms with van der Waals surface area (Å²) in [5, 5.41) is 8.89. The summed E-state index contributed by atoms with van der Waals surface area (Å²) in [4.78, 5) is 2.16. The van der Waals surface area contributed by atoms with Crippen molar-refractivity contribution >= 4 is 0 Å². The van der Waals surface area contributed by atoms with Gasteiger partial charge in [0.05, 0.1) is 13.2 Å². The molecule has 0 bridgehead atoms. The Kier molecular flexibility index (Phi) is 6.32. The maximum atomic E-state index is 8.89. The topological polar surface area (TPSA) is 23.5 Å². The summed E-state index contributed by atoms with van der Waals surface area (Å²) in [5.74, 6) is 6.25. The number of hydrogen-bond donors (Lipinski definition) is 1. The van der Waals surface area contributed by atoms with Crippen molar-refractivity contribution in [3.8, 4) is 11.8 Å². The predicted molar refractivity (Wildman–Crippen MR) is 67.1 cm³/mol. The molecule has 1 rings (SSSR count). The predicted octanol–water partition coefficient (Wildman–Crippen LogP) is 1.74. The summed E-state index contributed by atoms with van der Waals surface area (Å²) in [6.07, 6.45) is 1.09. The van der Waals surface area contributed by atoms with Crippen LogP contribution in [0.4, 0.5) is 0 Å². The minimum atomic E-state index is 0.201. The molecule has 0 radical (unpaired) electrons. The fourth-order valence-corrected chi connectivity index (χ4v) is 1.50. The first-order valence-electron chi connectivity index (χ1n) is 5.74. The third kappa shape index (κ3) is 4.97. The highest BCUT2D eigenvalue weighted by Crippen LogP contribution is 1.95. The van der Waals surface area contributed by atoms with Crippen molar-refractivity contribution in [3.63, 3.8) is 0 Å². The monoisotopic (exact) mass is 217 g/mol. The summed E-state index contributed by atoms with van der Waals surface area (Å²) in [6, 6.07) is 9.97. The van der Waals surface area contributed by atoms with Crippen LogP contribution < -0.4 is 0 Å². The zero-order chi connectivity index (χ0) is 11.6. The molecule has 0 saturated carbocycles. The van der Waals surface area contributed by atoms with Crippen molar-refractivity contribution in [2.24, 2.45) is 0 Å². The van der Waals surface area contributed by atoms with Crippen LogP contribution in [0.15, 0.2) is 30.3 Å². The van der Waals surface area contributed by atoms with Crippen molar-refractivity contribution in [2.75, 3.05) is 26.2 Å². The van der Waals surface area contributed by atoms with E-state index in [1.54, 1.807) is 0 Å². The standard InChI is InChI=1S/C14H19NO/c1-2-10-15(12-13-16)11-6-9-14-7-4-3-5-8-14/h3-5,7-8,16H,2,10-13H2,1H3. The van der Waals surface area contributed by atoms with Gasteiger partial charge in [-0.05, 0) is 25.1 Å². The minimum Gasteiger partial charge on any atom is -0.395 e. The van der Waals surface area contributed by atoms with Gasteiger partial charge in [-0.1, -0.05) is 37.0 Å². The molecular formula is C14H19NO. The van der Waals surface area contributed by atoms with Crippen LogP contribution in [0.25, 0.3) is 0 Å². The van der Waals surface area contributed by atoms with Crippen LogP contribution in [0, 0.1) is 11.8 Å². The van der Waals surface area contributed by atoms with Gasteiger partial charge < -0.3 is 5.11 Å². The van der Waals surface area contributed by atoms with Crippen LogP contribution in [0.5, 0.6) is 0 Å². The molecule has 0 unspecified atom stereocenters. The summed E-state index contributed by atoms with van der Waals surface area (Å²) in [7, 11) is 0. The third-order valence-corrected chi connectivity index (χ3v) is 2.27. The average Bonchev–Trinajstić information content (AvgIpc) is 2.31. The minimum absolute atomic E-state index is 0.201. The lowest BCUT2D eigenvalue weighted by atomic mass is 10.2. The van der Waals surface area contributed by atoms with Crippen molar-refractivity contribution in [1.29, 1.82) is 0 Å². The van der Waals surface area contributed by atoms with Crippen LogP contribution in [0.3, 0.4) is 0 Å². The lowest BCUT2D eigenvalue weighted by Gasteiger charge is -2.16. The fraction of sp³-hybridized carbons (Fsp3) is 0.429. The second-order valence-corrected chi connectivity index (χ2v) is 3.67. The van der Waals surface area contributed by atoms with Gasteiger partial charge in [0.25, 0.3) is 0 Å². The van der Waals surface area contributed by atoms with Gasteiger partial charge in [-0.25, -0.2) is 0 Å². The molecule has 2 heteroatoms. The molecule has 0 aliphatic rings. The van der Waals surface area contributed by atoms with Gasteiger partial charge in [0.2, 0.25) is 0 Å². The Bertz CT molecular complexity index is 331.